The van der Waals surface area contributed by atoms with Gasteiger partial charge in [-0.25, -0.2) is 4.98 Å². The Morgan fingerprint density at radius 2 is 2.43 bits per heavy atom. The fraction of sp³-hybridized carbons (Fsp3) is 0.700. The zero-order chi connectivity index (χ0) is 9.86. The molecule has 3 nitrogen and oxygen atoms in total. The smallest absolute Gasteiger partial charge is 0.0953 e. The summed E-state index contributed by atoms with van der Waals surface area (Å²) in [6.45, 7) is 1.95. The third-order valence-corrected chi connectivity index (χ3v) is 3.51. The molecule has 0 bridgehead atoms. The van der Waals surface area contributed by atoms with Crippen molar-refractivity contribution in [1.82, 2.24) is 10.3 Å². The summed E-state index contributed by atoms with van der Waals surface area (Å²) in [5, 5.41) is 16.7. The molecule has 0 amide bonds. The minimum Gasteiger partial charge on any atom is -0.389 e. The first kappa shape index (κ1) is 10.1. The minimum absolute atomic E-state index is 0.526. The van der Waals surface area contributed by atoms with Crippen molar-refractivity contribution in [3.8, 4) is 0 Å². The molecule has 14 heavy (non-hydrogen) atoms. The molecular weight excluding hydrogens is 196 g/mol. The van der Waals surface area contributed by atoms with Gasteiger partial charge < -0.3 is 10.4 Å². The summed E-state index contributed by atoms with van der Waals surface area (Å²) in [4.78, 5) is 4.22. The molecule has 1 aromatic heterocycles. The topological polar surface area (TPSA) is 45.2 Å². The fourth-order valence-corrected chi connectivity index (χ4v) is 2.66. The number of aliphatic hydroxyl groups is 1. The molecule has 4 heteroatoms. The van der Waals surface area contributed by atoms with Gasteiger partial charge in [-0.3, -0.25) is 0 Å². The molecule has 1 fully saturated rings. The largest absolute Gasteiger partial charge is 0.389 e. The second kappa shape index (κ2) is 4.38. The van der Waals surface area contributed by atoms with Gasteiger partial charge in [-0.1, -0.05) is 0 Å². The Balaban J connectivity index is 1.99. The van der Waals surface area contributed by atoms with Crippen LogP contribution in [-0.4, -0.2) is 28.8 Å². The molecule has 2 N–H and O–H groups in total. The van der Waals surface area contributed by atoms with Crippen LogP contribution in [0.5, 0.6) is 0 Å². The summed E-state index contributed by atoms with van der Waals surface area (Å²) in [6, 6.07) is 0. The second-order valence-electron chi connectivity index (χ2n) is 3.93. The Kier molecular flexibility index (Phi) is 3.15. The van der Waals surface area contributed by atoms with E-state index in [0.29, 0.717) is 6.42 Å². The summed E-state index contributed by atoms with van der Waals surface area (Å²) in [7, 11) is 0. The Morgan fingerprint density at radius 3 is 3.21 bits per heavy atom. The van der Waals surface area contributed by atoms with Crippen LogP contribution in [0.3, 0.4) is 0 Å². The van der Waals surface area contributed by atoms with Gasteiger partial charge in [-0.05, 0) is 32.4 Å². The van der Waals surface area contributed by atoms with E-state index in [1.54, 1.807) is 17.5 Å². The number of nitrogens with zero attached hydrogens (tertiary/aromatic N) is 1. The highest BCUT2D eigenvalue weighted by Crippen LogP contribution is 2.24. The van der Waals surface area contributed by atoms with Crippen molar-refractivity contribution in [2.45, 2.75) is 31.3 Å². The van der Waals surface area contributed by atoms with E-state index in [2.05, 4.69) is 10.3 Å². The van der Waals surface area contributed by atoms with Crippen molar-refractivity contribution < 1.29 is 5.11 Å². The quantitative estimate of drug-likeness (QED) is 0.774. The average molecular weight is 212 g/mol. The number of hydrogen-bond acceptors (Lipinski definition) is 4. The zero-order valence-corrected chi connectivity index (χ0v) is 9.02. The third kappa shape index (κ3) is 2.53. The summed E-state index contributed by atoms with van der Waals surface area (Å²) < 4.78 is 0. The summed E-state index contributed by atoms with van der Waals surface area (Å²) in [5.74, 6) is 0. The van der Waals surface area contributed by atoms with Crippen molar-refractivity contribution in [2.24, 2.45) is 0 Å². The molecule has 0 aromatic carbocycles. The van der Waals surface area contributed by atoms with Crippen LogP contribution in [0, 0.1) is 0 Å². The van der Waals surface area contributed by atoms with Gasteiger partial charge in [0.25, 0.3) is 0 Å². The molecule has 2 heterocycles. The van der Waals surface area contributed by atoms with Gasteiger partial charge in [-0.2, -0.15) is 0 Å². The number of rotatable bonds is 2. The Morgan fingerprint density at radius 1 is 1.50 bits per heavy atom. The van der Waals surface area contributed by atoms with E-state index >= 15 is 0 Å². The summed E-state index contributed by atoms with van der Waals surface area (Å²) in [6.07, 6.45) is 5.30. The molecule has 1 saturated heterocycles. The van der Waals surface area contributed by atoms with Crippen molar-refractivity contribution in [1.29, 1.82) is 0 Å². The lowest BCUT2D eigenvalue weighted by Gasteiger charge is -2.24. The first-order valence-corrected chi connectivity index (χ1v) is 5.98. The lowest BCUT2D eigenvalue weighted by atomic mass is 9.91. The predicted molar refractivity (Wildman–Crippen MR) is 57.5 cm³/mol. The van der Waals surface area contributed by atoms with E-state index in [1.807, 2.05) is 5.38 Å². The Hall–Kier alpha value is -0.450. The van der Waals surface area contributed by atoms with Gasteiger partial charge in [-0.15, -0.1) is 11.3 Å². The van der Waals surface area contributed by atoms with Crippen molar-refractivity contribution in [2.75, 3.05) is 13.1 Å². The SMILES string of the molecule is OC1(Cc2nccs2)CCCNCC1. The number of nitrogens with one attached hydrogen (secondary N) is 1. The van der Waals surface area contributed by atoms with Crippen LogP contribution in [0.4, 0.5) is 0 Å². The van der Waals surface area contributed by atoms with Crippen LogP contribution in [0.1, 0.15) is 24.3 Å². The summed E-state index contributed by atoms with van der Waals surface area (Å²) in [5.41, 5.74) is -0.526. The van der Waals surface area contributed by atoms with Gasteiger partial charge in [0, 0.05) is 18.0 Å². The lowest BCUT2D eigenvalue weighted by Crippen LogP contribution is -2.32. The van der Waals surface area contributed by atoms with E-state index in [0.717, 1.165) is 37.4 Å². The highest BCUT2D eigenvalue weighted by molar-refractivity contribution is 7.09. The molecule has 0 spiro atoms. The molecule has 1 aliphatic heterocycles. The molecule has 78 valence electrons. The van der Waals surface area contributed by atoms with Gasteiger partial charge in [0.2, 0.25) is 0 Å². The number of aromatic nitrogens is 1. The molecule has 0 radical (unpaired) electrons. The van der Waals surface area contributed by atoms with E-state index < -0.39 is 5.60 Å². The maximum Gasteiger partial charge on any atom is 0.0953 e. The molecule has 0 aliphatic carbocycles. The van der Waals surface area contributed by atoms with Crippen molar-refractivity contribution in [3.63, 3.8) is 0 Å². The fourth-order valence-electron chi connectivity index (χ4n) is 1.91. The normalized spacial score (nSPS) is 28.6. The molecule has 1 aromatic rings. The molecular formula is C10H16N2OS. The Bertz CT molecular complexity index is 266. The Labute approximate surface area is 88.2 Å². The number of hydrogen-bond donors (Lipinski definition) is 2. The van der Waals surface area contributed by atoms with E-state index in [4.69, 9.17) is 0 Å². The standard InChI is InChI=1S/C10H16N2OS/c13-10(2-1-4-11-5-3-10)8-9-12-6-7-14-9/h6-7,11,13H,1-5,8H2. The van der Waals surface area contributed by atoms with Crippen molar-refractivity contribution in [3.05, 3.63) is 16.6 Å². The van der Waals surface area contributed by atoms with Crippen LogP contribution in [0.25, 0.3) is 0 Å². The van der Waals surface area contributed by atoms with Crippen LogP contribution < -0.4 is 5.32 Å². The van der Waals surface area contributed by atoms with Crippen LogP contribution in [0.2, 0.25) is 0 Å². The van der Waals surface area contributed by atoms with Crippen molar-refractivity contribution >= 4 is 11.3 Å². The highest BCUT2D eigenvalue weighted by Gasteiger charge is 2.28. The van der Waals surface area contributed by atoms with E-state index in [1.165, 1.54) is 0 Å². The molecule has 2 rings (SSSR count). The van der Waals surface area contributed by atoms with Gasteiger partial charge >= 0.3 is 0 Å². The van der Waals surface area contributed by atoms with Crippen LogP contribution in [0.15, 0.2) is 11.6 Å². The monoisotopic (exact) mass is 212 g/mol. The minimum atomic E-state index is -0.526. The van der Waals surface area contributed by atoms with Gasteiger partial charge in [0.1, 0.15) is 0 Å². The molecule has 1 unspecified atom stereocenters. The number of thiazole rings is 1. The zero-order valence-electron chi connectivity index (χ0n) is 8.20. The van der Waals surface area contributed by atoms with Gasteiger partial charge in [0.15, 0.2) is 0 Å². The maximum absolute atomic E-state index is 10.3. The van der Waals surface area contributed by atoms with Gasteiger partial charge in [0.05, 0.1) is 10.6 Å². The molecule has 1 aliphatic rings. The lowest BCUT2D eigenvalue weighted by molar-refractivity contribution is 0.0284. The maximum atomic E-state index is 10.3. The third-order valence-electron chi connectivity index (χ3n) is 2.73. The molecule has 1 atom stereocenters. The van der Waals surface area contributed by atoms with E-state index in [9.17, 15) is 5.11 Å². The average Bonchev–Trinajstić information content (AvgIpc) is 2.55. The first-order valence-electron chi connectivity index (χ1n) is 5.10. The highest BCUT2D eigenvalue weighted by atomic mass is 32.1. The van der Waals surface area contributed by atoms with Crippen LogP contribution in [-0.2, 0) is 6.42 Å². The second-order valence-corrected chi connectivity index (χ2v) is 4.91. The first-order chi connectivity index (χ1) is 6.79. The predicted octanol–water partition coefficient (Wildman–Crippen LogP) is 1.19. The van der Waals surface area contributed by atoms with Crippen LogP contribution >= 0.6 is 11.3 Å². The van der Waals surface area contributed by atoms with E-state index in [-0.39, 0.29) is 0 Å². The summed E-state index contributed by atoms with van der Waals surface area (Å²) >= 11 is 1.63. The molecule has 0 saturated carbocycles.